The molecule has 1 aliphatic carbocycles. The first-order valence-electron chi connectivity index (χ1n) is 4.81. The maximum atomic E-state index is 12.7. The molecule has 1 fully saturated rings. The number of pyridine rings is 1. The number of aromatic nitrogens is 1. The highest BCUT2D eigenvalue weighted by molar-refractivity contribution is 9.10. The second kappa shape index (κ2) is 3.61. The van der Waals surface area contributed by atoms with Crippen molar-refractivity contribution in [3.63, 3.8) is 0 Å². The normalized spacial score (nSPS) is 18.3. The van der Waals surface area contributed by atoms with Gasteiger partial charge >= 0.3 is 6.18 Å². The third kappa shape index (κ3) is 2.03. The number of rotatable bonds is 2. The topological polar surface area (TPSA) is 24.9 Å². The van der Waals surface area contributed by atoms with E-state index in [0.717, 1.165) is 4.47 Å². The van der Waals surface area contributed by atoms with Crippen molar-refractivity contribution in [2.45, 2.75) is 31.5 Å². The molecule has 0 amide bonds. The molecule has 0 radical (unpaired) electrons. The van der Waals surface area contributed by atoms with Gasteiger partial charge in [0.2, 0.25) is 0 Å². The monoisotopic (exact) mass is 294 g/mol. The molecule has 0 saturated heterocycles. The maximum Gasteiger partial charge on any atom is 0.411 e. The lowest BCUT2D eigenvalue weighted by Gasteiger charge is -2.22. The van der Waals surface area contributed by atoms with E-state index >= 15 is 0 Å². The van der Waals surface area contributed by atoms with Crippen LogP contribution in [0, 0.1) is 6.92 Å². The zero-order valence-electron chi connectivity index (χ0n) is 8.53. The lowest BCUT2D eigenvalue weighted by molar-refractivity contribution is -0.151. The number of halogens is 4. The van der Waals surface area contributed by atoms with Crippen molar-refractivity contribution < 1.29 is 13.2 Å². The Morgan fingerprint density at radius 3 is 2.50 bits per heavy atom. The molecule has 0 bridgehead atoms. The number of anilines is 1. The summed E-state index contributed by atoms with van der Waals surface area (Å²) in [6.45, 7) is 1.73. The lowest BCUT2D eigenvalue weighted by atomic mass is 10.2. The van der Waals surface area contributed by atoms with E-state index in [1.165, 1.54) is 6.20 Å². The summed E-state index contributed by atoms with van der Waals surface area (Å²) < 4.78 is 38.8. The minimum absolute atomic E-state index is 0.119. The molecular formula is C10H10BrF3N2. The fourth-order valence-electron chi connectivity index (χ4n) is 1.50. The van der Waals surface area contributed by atoms with Gasteiger partial charge in [-0.2, -0.15) is 13.2 Å². The molecular weight excluding hydrogens is 285 g/mol. The van der Waals surface area contributed by atoms with Crippen molar-refractivity contribution >= 4 is 21.7 Å². The molecule has 88 valence electrons. The maximum absolute atomic E-state index is 12.7. The first kappa shape index (κ1) is 11.7. The van der Waals surface area contributed by atoms with Crippen molar-refractivity contribution in [1.29, 1.82) is 0 Å². The van der Waals surface area contributed by atoms with Crippen molar-refractivity contribution in [2.24, 2.45) is 0 Å². The summed E-state index contributed by atoms with van der Waals surface area (Å²) in [6, 6.07) is 1.74. The number of alkyl halides is 3. The standard InChI is InChI=1S/C10H10BrF3N2/c1-6-4-7(11)5-15-8(6)16-9(2-3-9)10(12,13)14/h4-5H,2-3H2,1H3,(H,15,16). The van der Waals surface area contributed by atoms with Crippen molar-refractivity contribution in [1.82, 2.24) is 4.98 Å². The lowest BCUT2D eigenvalue weighted by Crippen LogP contribution is -2.39. The Labute approximate surface area is 99.4 Å². The van der Waals surface area contributed by atoms with Gasteiger partial charge in [-0.3, -0.25) is 0 Å². The van der Waals surface area contributed by atoms with Gasteiger partial charge in [0.05, 0.1) is 0 Å². The third-order valence-electron chi connectivity index (χ3n) is 2.70. The number of hydrogen-bond donors (Lipinski definition) is 1. The largest absolute Gasteiger partial charge is 0.411 e. The molecule has 1 aromatic heterocycles. The van der Waals surface area contributed by atoms with E-state index in [1.807, 2.05) is 0 Å². The van der Waals surface area contributed by atoms with Crippen LogP contribution < -0.4 is 5.32 Å². The number of nitrogens with zero attached hydrogens (tertiary/aromatic N) is 1. The summed E-state index contributed by atoms with van der Waals surface area (Å²) >= 11 is 3.22. The minimum Gasteiger partial charge on any atom is -0.356 e. The van der Waals surface area contributed by atoms with E-state index < -0.39 is 11.7 Å². The summed E-state index contributed by atoms with van der Waals surface area (Å²) in [6.07, 6.45) is -2.49. The van der Waals surface area contributed by atoms with Crippen molar-refractivity contribution in [3.8, 4) is 0 Å². The van der Waals surface area contributed by atoms with Crippen molar-refractivity contribution in [3.05, 3.63) is 22.3 Å². The Bertz CT molecular complexity index is 413. The van der Waals surface area contributed by atoms with Gasteiger partial charge < -0.3 is 5.32 Å². The van der Waals surface area contributed by atoms with Gasteiger partial charge in [-0.15, -0.1) is 0 Å². The SMILES string of the molecule is Cc1cc(Br)cnc1NC1(C(F)(F)F)CC1. The van der Waals surface area contributed by atoms with Crippen LogP contribution in [0.1, 0.15) is 18.4 Å². The second-order valence-corrected chi connectivity index (χ2v) is 4.94. The van der Waals surface area contributed by atoms with Crippen LogP contribution in [0.3, 0.4) is 0 Å². The van der Waals surface area contributed by atoms with Crippen LogP contribution in [0.2, 0.25) is 0 Å². The Kier molecular flexibility index (Phi) is 2.64. The molecule has 0 atom stereocenters. The molecule has 6 heteroatoms. The van der Waals surface area contributed by atoms with E-state index in [0.29, 0.717) is 11.4 Å². The third-order valence-corrected chi connectivity index (χ3v) is 3.13. The Morgan fingerprint density at radius 1 is 1.44 bits per heavy atom. The molecule has 2 rings (SSSR count). The molecule has 1 aliphatic rings. The second-order valence-electron chi connectivity index (χ2n) is 4.02. The summed E-state index contributed by atoms with van der Waals surface area (Å²) in [7, 11) is 0. The molecule has 0 aromatic carbocycles. The van der Waals surface area contributed by atoms with Crippen LogP contribution >= 0.6 is 15.9 Å². The van der Waals surface area contributed by atoms with Crippen LogP contribution in [-0.4, -0.2) is 16.7 Å². The van der Waals surface area contributed by atoms with Gasteiger partial charge in [-0.1, -0.05) is 0 Å². The smallest absolute Gasteiger partial charge is 0.356 e. The summed E-state index contributed by atoms with van der Waals surface area (Å²) in [5.74, 6) is 0.304. The molecule has 1 saturated carbocycles. The summed E-state index contributed by atoms with van der Waals surface area (Å²) in [5, 5.41) is 2.51. The highest BCUT2D eigenvalue weighted by Crippen LogP contribution is 2.51. The van der Waals surface area contributed by atoms with Gasteiger partial charge in [-0.05, 0) is 47.3 Å². The quantitative estimate of drug-likeness (QED) is 0.900. The summed E-state index contributed by atoms with van der Waals surface area (Å²) in [4.78, 5) is 3.96. The fourth-order valence-corrected chi connectivity index (χ4v) is 1.95. The van der Waals surface area contributed by atoms with Gasteiger partial charge in [0.1, 0.15) is 11.4 Å². The average Bonchev–Trinajstić information content (AvgIpc) is 2.90. The van der Waals surface area contributed by atoms with E-state index in [2.05, 4.69) is 26.2 Å². The molecule has 16 heavy (non-hydrogen) atoms. The molecule has 1 aromatic rings. The molecule has 2 nitrogen and oxygen atoms in total. The molecule has 0 aliphatic heterocycles. The van der Waals surface area contributed by atoms with E-state index in [-0.39, 0.29) is 12.8 Å². The van der Waals surface area contributed by atoms with Crippen LogP contribution in [-0.2, 0) is 0 Å². The molecule has 0 unspecified atom stereocenters. The number of nitrogens with one attached hydrogen (secondary N) is 1. The zero-order valence-corrected chi connectivity index (χ0v) is 10.1. The Balaban J connectivity index is 2.22. The Morgan fingerprint density at radius 2 is 2.06 bits per heavy atom. The van der Waals surface area contributed by atoms with Gasteiger partial charge in [-0.25, -0.2) is 4.98 Å². The zero-order chi connectivity index (χ0) is 12.0. The molecule has 1 heterocycles. The van der Waals surface area contributed by atoms with Gasteiger partial charge in [0, 0.05) is 10.7 Å². The van der Waals surface area contributed by atoms with Gasteiger partial charge in [0.15, 0.2) is 0 Å². The first-order chi connectivity index (χ1) is 7.34. The van der Waals surface area contributed by atoms with E-state index in [9.17, 15) is 13.2 Å². The van der Waals surface area contributed by atoms with E-state index in [4.69, 9.17) is 0 Å². The molecule has 0 spiro atoms. The highest BCUT2D eigenvalue weighted by atomic mass is 79.9. The predicted octanol–water partition coefficient (Wildman–Crippen LogP) is 3.66. The molecule has 1 N–H and O–H groups in total. The number of aryl methyl sites for hydroxylation is 1. The van der Waals surface area contributed by atoms with Gasteiger partial charge in [0.25, 0.3) is 0 Å². The number of hydrogen-bond acceptors (Lipinski definition) is 2. The Hall–Kier alpha value is -0.780. The summed E-state index contributed by atoms with van der Waals surface area (Å²) in [5.41, 5.74) is -1.05. The first-order valence-corrected chi connectivity index (χ1v) is 5.60. The van der Waals surface area contributed by atoms with Crippen LogP contribution in [0.15, 0.2) is 16.7 Å². The van der Waals surface area contributed by atoms with Crippen LogP contribution in [0.5, 0.6) is 0 Å². The highest BCUT2D eigenvalue weighted by Gasteiger charge is 2.63. The van der Waals surface area contributed by atoms with E-state index in [1.54, 1.807) is 13.0 Å². The fraction of sp³-hybridized carbons (Fsp3) is 0.500. The van der Waals surface area contributed by atoms with Crippen molar-refractivity contribution in [2.75, 3.05) is 5.32 Å². The predicted molar refractivity (Wildman–Crippen MR) is 58.3 cm³/mol. The van der Waals surface area contributed by atoms with Crippen LogP contribution in [0.4, 0.5) is 19.0 Å². The average molecular weight is 295 g/mol. The van der Waals surface area contributed by atoms with Crippen LogP contribution in [0.25, 0.3) is 0 Å². The minimum atomic E-state index is -4.21.